The molecule has 4 aromatic rings. The fraction of sp³-hybridized carbons (Fsp3) is 0.400. The first kappa shape index (κ1) is 33.4. The summed E-state index contributed by atoms with van der Waals surface area (Å²) in [7, 11) is 0. The summed E-state index contributed by atoms with van der Waals surface area (Å²) < 4.78 is 20.5. The van der Waals surface area contributed by atoms with E-state index in [4.69, 9.17) is 37.4 Å². The second-order valence-electron chi connectivity index (χ2n) is 12.6. The third-order valence-corrected chi connectivity index (χ3v) is 9.85. The van der Waals surface area contributed by atoms with Crippen LogP contribution in [0.3, 0.4) is 0 Å². The number of nitrogens with zero attached hydrogens (tertiary/aromatic N) is 8. The number of piperazine rings is 1. The second-order valence-corrected chi connectivity index (χ2v) is 13.4. The van der Waals surface area contributed by atoms with Crippen LogP contribution < -0.4 is 19.4 Å². The predicted molar refractivity (Wildman–Crippen MR) is 191 cm³/mol. The molecule has 0 bridgehead atoms. The minimum atomic E-state index is -1.15. The molecule has 0 unspecified atom stereocenters. The lowest BCUT2D eigenvalue weighted by atomic mass is 10.1. The number of aliphatic hydroxyl groups is 1. The van der Waals surface area contributed by atoms with Gasteiger partial charge in [0, 0.05) is 53.8 Å². The van der Waals surface area contributed by atoms with Crippen LogP contribution in [-0.2, 0) is 21.8 Å². The molecule has 0 amide bonds. The summed E-state index contributed by atoms with van der Waals surface area (Å²) in [5, 5.41) is 21.5. The van der Waals surface area contributed by atoms with Crippen LogP contribution in [0.4, 0.5) is 17.1 Å². The van der Waals surface area contributed by atoms with Gasteiger partial charge in [-0.3, -0.25) is 5.01 Å². The van der Waals surface area contributed by atoms with E-state index in [0.717, 1.165) is 43.3 Å². The normalized spacial score (nSPS) is 22.2. The molecule has 4 atom stereocenters. The largest absolute Gasteiger partial charge is 0.491 e. The highest BCUT2D eigenvalue weighted by Gasteiger charge is 2.45. The van der Waals surface area contributed by atoms with Crippen LogP contribution in [0, 0.1) is 0 Å². The zero-order valence-electron chi connectivity index (χ0n) is 27.5. The summed E-state index contributed by atoms with van der Waals surface area (Å²) in [4.78, 5) is 11.0. The molecule has 14 heteroatoms. The lowest BCUT2D eigenvalue weighted by molar-refractivity contribution is -0.190. The van der Waals surface area contributed by atoms with Crippen LogP contribution in [0.2, 0.25) is 10.0 Å². The molecule has 258 valence electrons. The van der Waals surface area contributed by atoms with E-state index in [-0.39, 0.29) is 18.7 Å². The van der Waals surface area contributed by atoms with Gasteiger partial charge < -0.3 is 34.0 Å². The number of rotatable bonds is 11. The topological polar surface area (TPSA) is 104 Å². The van der Waals surface area contributed by atoms with Gasteiger partial charge in [0.25, 0.3) is 0 Å². The lowest BCUT2D eigenvalue weighted by Crippen LogP contribution is -2.46. The van der Waals surface area contributed by atoms with Gasteiger partial charge in [-0.2, -0.15) is 10.2 Å². The summed E-state index contributed by atoms with van der Waals surface area (Å²) in [5.41, 5.74) is 4.12. The number of hydrogen-bond acceptors (Lipinski definition) is 11. The molecular formula is C35H40Cl2N8O4. The van der Waals surface area contributed by atoms with Crippen molar-refractivity contribution in [3.63, 3.8) is 0 Å². The molecule has 2 saturated heterocycles. The number of anilines is 3. The van der Waals surface area contributed by atoms with Gasteiger partial charge in [-0.1, -0.05) is 29.3 Å². The Morgan fingerprint density at radius 1 is 0.939 bits per heavy atom. The highest BCUT2D eigenvalue weighted by molar-refractivity contribution is 6.35. The van der Waals surface area contributed by atoms with Crippen LogP contribution >= 0.6 is 23.2 Å². The number of hydrogen-bond donors (Lipinski definition) is 1. The maximum atomic E-state index is 9.90. The average molecular weight is 708 g/mol. The number of aliphatic hydroxyl groups excluding tert-OH is 1. The molecule has 3 aliphatic rings. The van der Waals surface area contributed by atoms with E-state index in [1.54, 1.807) is 30.1 Å². The first-order chi connectivity index (χ1) is 23.8. The molecule has 1 N–H and O–H groups in total. The molecule has 4 heterocycles. The Morgan fingerprint density at radius 2 is 1.61 bits per heavy atom. The lowest BCUT2D eigenvalue weighted by Gasteiger charge is -2.37. The molecule has 12 nitrogen and oxygen atoms in total. The average Bonchev–Trinajstić information content (AvgIpc) is 3.90. The van der Waals surface area contributed by atoms with Gasteiger partial charge >= 0.3 is 0 Å². The summed E-state index contributed by atoms with van der Waals surface area (Å²) >= 11 is 12.7. The first-order valence-electron chi connectivity index (χ1n) is 16.4. The van der Waals surface area contributed by atoms with Crippen LogP contribution in [-0.4, -0.2) is 95.5 Å². The Bertz CT molecular complexity index is 1720. The van der Waals surface area contributed by atoms with Crippen molar-refractivity contribution >= 4 is 46.6 Å². The van der Waals surface area contributed by atoms with Gasteiger partial charge in [0.15, 0.2) is 0 Å². The van der Waals surface area contributed by atoms with Gasteiger partial charge in [-0.25, -0.2) is 9.67 Å². The molecule has 2 fully saturated rings. The Balaban J connectivity index is 0.901. The fourth-order valence-corrected chi connectivity index (χ4v) is 6.84. The second kappa shape index (κ2) is 14.4. The number of halogens is 2. The van der Waals surface area contributed by atoms with Crippen molar-refractivity contribution in [2.75, 3.05) is 60.8 Å². The van der Waals surface area contributed by atoms with E-state index in [9.17, 15) is 5.11 Å². The monoisotopic (exact) mass is 706 g/mol. The molecule has 0 saturated carbocycles. The Hall–Kier alpha value is -4.07. The highest BCUT2D eigenvalue weighted by Crippen LogP contribution is 2.40. The van der Waals surface area contributed by atoms with E-state index in [1.807, 2.05) is 36.5 Å². The van der Waals surface area contributed by atoms with Crippen molar-refractivity contribution in [2.24, 2.45) is 5.10 Å². The maximum absolute atomic E-state index is 9.90. The third-order valence-electron chi connectivity index (χ3n) is 9.31. The minimum absolute atomic E-state index is 0.0397. The Labute approximate surface area is 296 Å². The number of benzene rings is 3. The standard InChI is InChI=1S/C35H40Cl2N8O4/c1-25(26(2)46)45-24-43(23-40-45)30-6-4-28(5-7-30)41-13-15-42(16-14-41)29-8-10-31(11-9-29)47-18-32-19-48-35(49-32,20-44-22-38-21-39-44)33-12-3-27(36)17-34(33)37/h3-12,17,21-23,25-26,32,46H,13-16,18-20,24H2,1-2H3/t25-,26-,32+,35-/m0/s1. The molecule has 0 aliphatic carbocycles. The van der Waals surface area contributed by atoms with E-state index < -0.39 is 11.9 Å². The minimum Gasteiger partial charge on any atom is -0.491 e. The van der Waals surface area contributed by atoms with Crippen molar-refractivity contribution < 1.29 is 19.3 Å². The molecule has 49 heavy (non-hydrogen) atoms. The van der Waals surface area contributed by atoms with Gasteiger partial charge in [-0.05, 0) is 74.5 Å². The van der Waals surface area contributed by atoms with Crippen LogP contribution in [0.1, 0.15) is 19.4 Å². The van der Waals surface area contributed by atoms with Crippen molar-refractivity contribution in [1.82, 2.24) is 19.8 Å². The number of ether oxygens (including phenoxy) is 3. The SMILES string of the molecule is C[C@H](O)[C@H](C)N1CN(c2ccc(N3CCN(c4ccc(OC[C@@H]5CO[C@](Cn6cncn6)(c6ccc(Cl)cc6Cl)O5)cc4)CC3)cc2)C=N1. The van der Waals surface area contributed by atoms with E-state index >= 15 is 0 Å². The highest BCUT2D eigenvalue weighted by atomic mass is 35.5. The zero-order chi connectivity index (χ0) is 34.0. The van der Waals surface area contributed by atoms with Crippen molar-refractivity contribution in [3.05, 3.63) is 95.0 Å². The smallest absolute Gasteiger partial charge is 0.217 e. The van der Waals surface area contributed by atoms with E-state index in [0.29, 0.717) is 35.5 Å². The number of aromatic nitrogens is 3. The van der Waals surface area contributed by atoms with Gasteiger partial charge in [0.1, 0.15) is 50.7 Å². The molecule has 0 spiro atoms. The number of hydrazone groups is 1. The molecular weight excluding hydrogens is 667 g/mol. The summed E-state index contributed by atoms with van der Waals surface area (Å²) in [6.07, 6.45) is 4.14. The van der Waals surface area contributed by atoms with E-state index in [1.165, 1.54) is 12.0 Å². The van der Waals surface area contributed by atoms with Gasteiger partial charge in [0.05, 0.1) is 23.8 Å². The Morgan fingerprint density at radius 3 is 2.24 bits per heavy atom. The first-order valence-corrected chi connectivity index (χ1v) is 17.2. The predicted octanol–water partition coefficient (Wildman–Crippen LogP) is 5.05. The quantitative estimate of drug-likeness (QED) is 0.228. The van der Waals surface area contributed by atoms with Crippen LogP contribution in [0.15, 0.2) is 84.5 Å². The maximum Gasteiger partial charge on any atom is 0.217 e. The van der Waals surface area contributed by atoms with Crippen molar-refractivity contribution in [2.45, 2.75) is 44.4 Å². The summed E-state index contributed by atoms with van der Waals surface area (Å²) in [6, 6.07) is 22.0. The zero-order valence-corrected chi connectivity index (χ0v) is 29.0. The summed E-state index contributed by atoms with van der Waals surface area (Å²) in [5.74, 6) is -0.392. The van der Waals surface area contributed by atoms with Gasteiger partial charge in [-0.15, -0.1) is 0 Å². The van der Waals surface area contributed by atoms with Crippen molar-refractivity contribution in [1.29, 1.82) is 0 Å². The fourth-order valence-electron chi connectivity index (χ4n) is 6.29. The molecule has 7 rings (SSSR count). The van der Waals surface area contributed by atoms with Gasteiger partial charge in [0.2, 0.25) is 5.79 Å². The molecule has 0 radical (unpaired) electrons. The molecule has 3 aromatic carbocycles. The van der Waals surface area contributed by atoms with E-state index in [2.05, 4.69) is 66.3 Å². The molecule has 3 aliphatic heterocycles. The summed E-state index contributed by atoms with van der Waals surface area (Å²) in [6.45, 7) is 9.00. The van der Waals surface area contributed by atoms with Crippen molar-refractivity contribution in [3.8, 4) is 5.75 Å². The third kappa shape index (κ3) is 7.43. The van der Waals surface area contributed by atoms with Crippen LogP contribution in [0.25, 0.3) is 0 Å². The molecule has 1 aromatic heterocycles. The Kier molecular flexibility index (Phi) is 9.84. The van der Waals surface area contributed by atoms with Crippen LogP contribution in [0.5, 0.6) is 5.75 Å².